The number of aliphatic carboxylic acids is 3. The number of fused-ring (bicyclic) bond motifs is 1. The summed E-state index contributed by atoms with van der Waals surface area (Å²) in [5.41, 5.74) is 0.679. The van der Waals surface area contributed by atoms with Crippen LogP contribution in [-0.4, -0.2) is 84.2 Å². The molecule has 0 aliphatic carbocycles. The van der Waals surface area contributed by atoms with Crippen molar-refractivity contribution in [2.75, 3.05) is 20.2 Å². The van der Waals surface area contributed by atoms with Gasteiger partial charge in [-0.25, -0.2) is 9.78 Å². The molecule has 1 aliphatic heterocycles. The fourth-order valence-electron chi connectivity index (χ4n) is 4.26. The van der Waals surface area contributed by atoms with Gasteiger partial charge in [0.2, 0.25) is 0 Å². The number of nitrogens with one attached hydrogen (secondary N) is 1. The lowest BCUT2D eigenvalue weighted by Crippen LogP contribution is -2.42. The van der Waals surface area contributed by atoms with E-state index < -0.39 is 36.4 Å². The maximum absolute atomic E-state index is 10.3. The topological polar surface area (TPSA) is 186 Å². The largest absolute Gasteiger partial charge is 0.497 e. The Morgan fingerprint density at radius 2 is 1.68 bits per heavy atom. The standard InChI is InChI=1S/C19H22N4O.C6H8O7/c1-24-16-6-4-14(5-7-16)13-23-11-8-15(9-12-23)18-17-3-2-10-20-19(17)22-21-18;7-3(8)1-6(13,5(11)12)2-4(9)10/h2-7,10,15H,8-9,11-13H2,1H3,(H,20,21,22);13H,1-2H2,(H,7,8)(H,9,10)(H,11,12). The molecule has 5 N–H and O–H groups in total. The van der Waals surface area contributed by atoms with Crippen LogP contribution in [-0.2, 0) is 20.9 Å². The highest BCUT2D eigenvalue weighted by Gasteiger charge is 2.40. The summed E-state index contributed by atoms with van der Waals surface area (Å²) < 4.78 is 5.22. The number of benzene rings is 1. The summed E-state index contributed by atoms with van der Waals surface area (Å²) in [7, 11) is 1.70. The number of likely N-dealkylation sites (tertiary alicyclic amines) is 1. The molecule has 198 valence electrons. The molecule has 0 radical (unpaired) electrons. The van der Waals surface area contributed by atoms with Crippen LogP contribution >= 0.6 is 0 Å². The average molecular weight is 515 g/mol. The number of carboxylic acids is 3. The number of hydrogen-bond acceptors (Lipinski definition) is 8. The van der Waals surface area contributed by atoms with Crippen LogP contribution < -0.4 is 4.74 Å². The SMILES string of the molecule is COc1ccc(CN2CCC(c3[nH]nc4ncccc34)CC2)cc1.O=C(O)CC(O)(CC(=O)O)C(=O)O. The lowest BCUT2D eigenvalue weighted by atomic mass is 9.92. The third-order valence-electron chi connectivity index (χ3n) is 6.21. The molecule has 0 bridgehead atoms. The van der Waals surface area contributed by atoms with E-state index in [1.165, 1.54) is 16.6 Å². The number of H-pyrrole nitrogens is 1. The van der Waals surface area contributed by atoms with E-state index in [-0.39, 0.29) is 0 Å². The molecule has 0 amide bonds. The zero-order valence-electron chi connectivity index (χ0n) is 20.3. The quantitative estimate of drug-likeness (QED) is 0.281. The van der Waals surface area contributed by atoms with Crippen LogP contribution in [0, 0.1) is 0 Å². The molecule has 3 heterocycles. The second kappa shape index (κ2) is 12.3. The normalized spacial score (nSPS) is 14.5. The number of pyridine rings is 1. The highest BCUT2D eigenvalue weighted by molar-refractivity contribution is 5.88. The number of carbonyl (C=O) groups is 3. The summed E-state index contributed by atoms with van der Waals surface area (Å²) in [6.07, 6.45) is 1.82. The minimum atomic E-state index is -2.74. The molecule has 12 heteroatoms. The summed E-state index contributed by atoms with van der Waals surface area (Å²) in [5, 5.41) is 42.5. The Labute approximate surface area is 212 Å². The number of methoxy groups -OCH3 is 1. The van der Waals surface area contributed by atoms with Gasteiger partial charge in [0.25, 0.3) is 0 Å². The van der Waals surface area contributed by atoms with Gasteiger partial charge in [0, 0.05) is 29.7 Å². The van der Waals surface area contributed by atoms with E-state index in [1.54, 1.807) is 13.3 Å². The monoisotopic (exact) mass is 514 g/mol. The molecule has 1 fully saturated rings. The van der Waals surface area contributed by atoms with Gasteiger partial charge in [-0.1, -0.05) is 12.1 Å². The van der Waals surface area contributed by atoms with Crippen molar-refractivity contribution in [3.8, 4) is 5.75 Å². The van der Waals surface area contributed by atoms with Crippen LogP contribution in [0.3, 0.4) is 0 Å². The molecule has 0 atom stereocenters. The van der Waals surface area contributed by atoms with Crippen LogP contribution in [0.4, 0.5) is 0 Å². The summed E-state index contributed by atoms with van der Waals surface area (Å²) in [5.74, 6) is -3.56. The van der Waals surface area contributed by atoms with Crippen molar-refractivity contribution < 1.29 is 39.5 Å². The van der Waals surface area contributed by atoms with Gasteiger partial charge < -0.3 is 25.2 Å². The van der Waals surface area contributed by atoms with Crippen LogP contribution in [0.1, 0.15) is 42.9 Å². The molecule has 2 aromatic heterocycles. The molecular weight excluding hydrogens is 484 g/mol. The van der Waals surface area contributed by atoms with E-state index >= 15 is 0 Å². The van der Waals surface area contributed by atoms with Gasteiger partial charge in [0.1, 0.15) is 5.75 Å². The number of aromatic nitrogens is 3. The Kier molecular flexibility index (Phi) is 9.15. The Morgan fingerprint density at radius 1 is 1.05 bits per heavy atom. The molecule has 37 heavy (non-hydrogen) atoms. The van der Waals surface area contributed by atoms with E-state index in [2.05, 4.69) is 38.3 Å². The van der Waals surface area contributed by atoms with Gasteiger partial charge >= 0.3 is 17.9 Å². The third-order valence-corrected chi connectivity index (χ3v) is 6.21. The fraction of sp³-hybridized carbons (Fsp3) is 0.400. The van der Waals surface area contributed by atoms with Gasteiger partial charge in [-0.3, -0.25) is 19.6 Å². The Bertz CT molecular complexity index is 1200. The minimum absolute atomic E-state index is 0.548. The molecule has 4 rings (SSSR count). The summed E-state index contributed by atoms with van der Waals surface area (Å²) in [4.78, 5) is 37.3. The van der Waals surface area contributed by atoms with E-state index in [4.69, 9.17) is 25.2 Å². The van der Waals surface area contributed by atoms with Gasteiger partial charge in [-0.05, 0) is 55.8 Å². The third kappa shape index (κ3) is 7.48. The number of nitrogens with zero attached hydrogens (tertiary/aromatic N) is 3. The van der Waals surface area contributed by atoms with E-state index in [1.807, 2.05) is 18.2 Å². The van der Waals surface area contributed by atoms with Crippen molar-refractivity contribution in [1.82, 2.24) is 20.1 Å². The number of aliphatic hydroxyl groups is 1. The van der Waals surface area contributed by atoms with Crippen molar-refractivity contribution >= 4 is 28.9 Å². The smallest absolute Gasteiger partial charge is 0.336 e. The van der Waals surface area contributed by atoms with Gasteiger partial charge in [-0.15, -0.1) is 0 Å². The number of ether oxygens (including phenoxy) is 1. The number of rotatable bonds is 9. The highest BCUT2D eigenvalue weighted by atomic mass is 16.5. The van der Waals surface area contributed by atoms with Crippen LogP contribution in [0.25, 0.3) is 11.0 Å². The zero-order valence-corrected chi connectivity index (χ0v) is 20.3. The Balaban J connectivity index is 0.000000251. The summed E-state index contributed by atoms with van der Waals surface area (Å²) in [6, 6.07) is 12.5. The second-order valence-electron chi connectivity index (χ2n) is 8.89. The van der Waals surface area contributed by atoms with E-state index in [0.29, 0.717) is 5.92 Å². The molecule has 0 saturated carbocycles. The van der Waals surface area contributed by atoms with Crippen molar-refractivity contribution in [3.63, 3.8) is 0 Å². The van der Waals surface area contributed by atoms with Crippen molar-refractivity contribution in [3.05, 3.63) is 53.9 Å². The lowest BCUT2D eigenvalue weighted by molar-refractivity contribution is -0.170. The fourth-order valence-corrected chi connectivity index (χ4v) is 4.26. The Morgan fingerprint density at radius 3 is 2.22 bits per heavy atom. The predicted octanol–water partition coefficient (Wildman–Crippen LogP) is 2.10. The average Bonchev–Trinajstić information content (AvgIpc) is 3.29. The van der Waals surface area contributed by atoms with Crippen LogP contribution in [0.5, 0.6) is 5.75 Å². The van der Waals surface area contributed by atoms with Gasteiger partial charge in [-0.2, -0.15) is 5.10 Å². The molecule has 1 aromatic carbocycles. The maximum Gasteiger partial charge on any atom is 0.336 e. The molecule has 0 unspecified atom stereocenters. The Hall–Kier alpha value is -4.03. The maximum atomic E-state index is 10.3. The van der Waals surface area contributed by atoms with Crippen molar-refractivity contribution in [2.45, 2.75) is 43.7 Å². The number of aromatic amines is 1. The molecule has 1 saturated heterocycles. The van der Waals surface area contributed by atoms with Crippen molar-refractivity contribution in [1.29, 1.82) is 0 Å². The summed E-state index contributed by atoms with van der Waals surface area (Å²) >= 11 is 0. The van der Waals surface area contributed by atoms with E-state index in [0.717, 1.165) is 43.9 Å². The van der Waals surface area contributed by atoms with Crippen molar-refractivity contribution in [2.24, 2.45) is 0 Å². The minimum Gasteiger partial charge on any atom is -0.497 e. The zero-order chi connectivity index (χ0) is 27.0. The predicted molar refractivity (Wildman–Crippen MR) is 131 cm³/mol. The van der Waals surface area contributed by atoms with Gasteiger partial charge in [0.15, 0.2) is 11.2 Å². The first-order valence-electron chi connectivity index (χ1n) is 11.6. The molecule has 12 nitrogen and oxygen atoms in total. The van der Waals surface area contributed by atoms with Crippen LogP contribution in [0.15, 0.2) is 42.6 Å². The second-order valence-corrected chi connectivity index (χ2v) is 8.89. The lowest BCUT2D eigenvalue weighted by Gasteiger charge is -2.31. The number of piperidine rings is 1. The molecule has 0 spiro atoms. The van der Waals surface area contributed by atoms with Gasteiger partial charge in [0.05, 0.1) is 20.0 Å². The molecular formula is C25H30N4O8. The first kappa shape index (κ1) is 27.6. The highest BCUT2D eigenvalue weighted by Crippen LogP contribution is 2.31. The molecule has 1 aliphatic rings. The number of carboxylic acid groups (broad SMARTS) is 3. The number of hydrogen-bond donors (Lipinski definition) is 5. The summed E-state index contributed by atoms with van der Waals surface area (Å²) in [6.45, 7) is 3.22. The molecule has 3 aromatic rings. The first-order valence-corrected chi connectivity index (χ1v) is 11.6. The van der Waals surface area contributed by atoms with Crippen LogP contribution in [0.2, 0.25) is 0 Å². The van der Waals surface area contributed by atoms with E-state index in [9.17, 15) is 14.4 Å². The first-order chi connectivity index (χ1) is 17.6.